The molecule has 3 rings (SSSR count). The van der Waals surface area contributed by atoms with E-state index >= 15 is 0 Å². The quantitative estimate of drug-likeness (QED) is 0.708. The first-order valence-corrected chi connectivity index (χ1v) is 8.02. The second-order valence-corrected chi connectivity index (χ2v) is 5.46. The molecule has 1 N–H and O–H groups in total. The second-order valence-electron chi connectivity index (χ2n) is 5.02. The predicted octanol–water partition coefficient (Wildman–Crippen LogP) is 3.20. The molecule has 1 amide bonds. The van der Waals surface area contributed by atoms with Crippen LogP contribution in [0.3, 0.4) is 0 Å². The van der Waals surface area contributed by atoms with Crippen molar-refractivity contribution in [2.75, 3.05) is 12.3 Å². The predicted molar refractivity (Wildman–Crippen MR) is 95.2 cm³/mol. The second kappa shape index (κ2) is 7.15. The molecule has 0 saturated carbocycles. The zero-order valence-corrected chi connectivity index (χ0v) is 13.4. The lowest BCUT2D eigenvalue weighted by Crippen LogP contribution is -2.25. The molecule has 116 valence electrons. The summed E-state index contributed by atoms with van der Waals surface area (Å²) in [7, 11) is 0. The molecule has 4 nitrogen and oxygen atoms in total. The van der Waals surface area contributed by atoms with Crippen LogP contribution in [-0.4, -0.2) is 28.0 Å². The van der Waals surface area contributed by atoms with Crippen LogP contribution < -0.4 is 5.32 Å². The third-order valence-corrected chi connectivity index (χ3v) is 3.65. The van der Waals surface area contributed by atoms with Gasteiger partial charge in [-0.15, -0.1) is 0 Å². The number of amides is 1. The molecule has 0 spiro atoms. The van der Waals surface area contributed by atoms with Crippen LogP contribution in [-0.2, 0) is 0 Å². The fourth-order valence-corrected chi connectivity index (χ4v) is 2.44. The van der Waals surface area contributed by atoms with Crippen molar-refractivity contribution in [3.63, 3.8) is 0 Å². The van der Waals surface area contributed by atoms with Crippen molar-refractivity contribution < 1.29 is 4.79 Å². The minimum Gasteiger partial charge on any atom is -0.351 e. The monoisotopic (exact) mass is 323 g/mol. The van der Waals surface area contributed by atoms with E-state index in [0.717, 1.165) is 11.3 Å². The molecule has 0 fully saturated rings. The zero-order chi connectivity index (χ0) is 16.1. The van der Waals surface area contributed by atoms with E-state index in [4.69, 9.17) is 0 Å². The summed E-state index contributed by atoms with van der Waals surface area (Å²) < 4.78 is 1.73. The third kappa shape index (κ3) is 3.46. The molecule has 2 aromatic carbocycles. The molecule has 0 aliphatic rings. The summed E-state index contributed by atoms with van der Waals surface area (Å²) in [6.45, 7) is 0.521. The van der Waals surface area contributed by atoms with Crippen LogP contribution in [0.5, 0.6) is 0 Å². The van der Waals surface area contributed by atoms with E-state index in [1.807, 2.05) is 60.7 Å². The topological polar surface area (TPSA) is 46.9 Å². The van der Waals surface area contributed by atoms with E-state index in [9.17, 15) is 4.79 Å². The van der Waals surface area contributed by atoms with E-state index in [1.165, 1.54) is 0 Å². The highest BCUT2D eigenvalue weighted by Gasteiger charge is 2.18. The van der Waals surface area contributed by atoms with Crippen LogP contribution in [0, 0.1) is 0 Å². The normalized spacial score (nSPS) is 10.5. The fraction of sp³-hybridized carbons (Fsp3) is 0.111. The average Bonchev–Trinajstić information content (AvgIpc) is 3.07. The summed E-state index contributed by atoms with van der Waals surface area (Å²) in [5, 5.41) is 7.47. The number of carbonyl (C=O) groups excluding carboxylic acids is 1. The molecule has 0 saturated heterocycles. The third-order valence-electron chi connectivity index (χ3n) is 3.42. The summed E-state index contributed by atoms with van der Waals surface area (Å²) in [5.41, 5.74) is 3.06. The Morgan fingerprint density at radius 2 is 1.70 bits per heavy atom. The molecule has 3 aromatic rings. The number of nitrogens with one attached hydrogen (secondary N) is 1. The van der Waals surface area contributed by atoms with Crippen molar-refractivity contribution in [3.05, 3.63) is 72.4 Å². The number of hydrogen-bond donors (Lipinski definition) is 2. The SMILES string of the molecule is O=C(NCCS)c1cn(-c2ccccc2)nc1-c1ccccc1. The highest BCUT2D eigenvalue weighted by Crippen LogP contribution is 2.23. The van der Waals surface area contributed by atoms with Crippen molar-refractivity contribution in [1.29, 1.82) is 0 Å². The van der Waals surface area contributed by atoms with Crippen molar-refractivity contribution >= 4 is 18.5 Å². The highest BCUT2D eigenvalue weighted by molar-refractivity contribution is 7.80. The zero-order valence-electron chi connectivity index (χ0n) is 12.5. The minimum atomic E-state index is -0.139. The molecule has 23 heavy (non-hydrogen) atoms. The first-order valence-electron chi connectivity index (χ1n) is 7.39. The molecule has 0 atom stereocenters. The van der Waals surface area contributed by atoms with Gasteiger partial charge in [-0.2, -0.15) is 17.7 Å². The Bertz CT molecular complexity index is 785. The maximum atomic E-state index is 12.4. The van der Waals surface area contributed by atoms with Crippen LogP contribution in [0.2, 0.25) is 0 Å². The van der Waals surface area contributed by atoms with Gasteiger partial charge in [-0.1, -0.05) is 48.5 Å². The van der Waals surface area contributed by atoms with Gasteiger partial charge in [0.15, 0.2) is 0 Å². The van der Waals surface area contributed by atoms with Crippen molar-refractivity contribution in [2.45, 2.75) is 0 Å². The van der Waals surface area contributed by atoms with Gasteiger partial charge in [0, 0.05) is 24.1 Å². The first-order chi connectivity index (χ1) is 11.3. The van der Waals surface area contributed by atoms with Crippen LogP contribution in [0.15, 0.2) is 66.9 Å². The molecule has 1 heterocycles. The van der Waals surface area contributed by atoms with Crippen LogP contribution in [0.25, 0.3) is 16.9 Å². The Balaban J connectivity index is 2.05. The Kier molecular flexibility index (Phi) is 4.78. The Morgan fingerprint density at radius 3 is 2.35 bits per heavy atom. The molecule has 0 aliphatic heterocycles. The average molecular weight is 323 g/mol. The summed E-state index contributed by atoms with van der Waals surface area (Å²) in [6, 6.07) is 19.5. The molecule has 0 unspecified atom stereocenters. The molecule has 5 heteroatoms. The van der Waals surface area contributed by atoms with Gasteiger partial charge in [0.25, 0.3) is 5.91 Å². The lowest BCUT2D eigenvalue weighted by Gasteiger charge is -2.03. The number of carbonyl (C=O) groups is 1. The largest absolute Gasteiger partial charge is 0.351 e. The van der Waals surface area contributed by atoms with E-state index in [1.54, 1.807) is 10.9 Å². The maximum absolute atomic E-state index is 12.4. The summed E-state index contributed by atoms with van der Waals surface area (Å²) in [4.78, 5) is 12.4. The summed E-state index contributed by atoms with van der Waals surface area (Å²) in [6.07, 6.45) is 1.77. The van der Waals surface area contributed by atoms with Gasteiger partial charge in [-0.05, 0) is 12.1 Å². The highest BCUT2D eigenvalue weighted by atomic mass is 32.1. The molecule has 0 bridgehead atoms. The van der Waals surface area contributed by atoms with Gasteiger partial charge in [0.2, 0.25) is 0 Å². The van der Waals surface area contributed by atoms with E-state index < -0.39 is 0 Å². The van der Waals surface area contributed by atoms with Gasteiger partial charge >= 0.3 is 0 Å². The summed E-state index contributed by atoms with van der Waals surface area (Å²) in [5.74, 6) is 0.458. The lowest BCUT2D eigenvalue weighted by molar-refractivity contribution is 0.0957. The number of para-hydroxylation sites is 1. The smallest absolute Gasteiger partial charge is 0.255 e. The van der Waals surface area contributed by atoms with E-state index in [-0.39, 0.29) is 5.91 Å². The Labute approximate surface area is 140 Å². The van der Waals surface area contributed by atoms with Gasteiger partial charge in [-0.3, -0.25) is 4.79 Å². The van der Waals surface area contributed by atoms with E-state index in [0.29, 0.717) is 23.6 Å². The molecule has 0 aliphatic carbocycles. The lowest BCUT2D eigenvalue weighted by atomic mass is 10.1. The fourth-order valence-electron chi connectivity index (χ4n) is 2.33. The molecular weight excluding hydrogens is 306 g/mol. The van der Waals surface area contributed by atoms with Crippen molar-refractivity contribution in [3.8, 4) is 16.9 Å². The van der Waals surface area contributed by atoms with Crippen LogP contribution in [0.1, 0.15) is 10.4 Å². The molecule has 1 aromatic heterocycles. The number of nitrogens with zero attached hydrogens (tertiary/aromatic N) is 2. The molecule has 0 radical (unpaired) electrons. The van der Waals surface area contributed by atoms with Crippen molar-refractivity contribution in [2.24, 2.45) is 0 Å². The molecular formula is C18H17N3OS. The van der Waals surface area contributed by atoms with Crippen molar-refractivity contribution in [1.82, 2.24) is 15.1 Å². The minimum absolute atomic E-state index is 0.139. The number of aromatic nitrogens is 2. The Morgan fingerprint density at radius 1 is 1.04 bits per heavy atom. The van der Waals surface area contributed by atoms with Gasteiger partial charge in [0.1, 0.15) is 5.69 Å². The number of rotatable bonds is 5. The van der Waals surface area contributed by atoms with Gasteiger partial charge in [-0.25, -0.2) is 4.68 Å². The number of thiol groups is 1. The summed E-state index contributed by atoms with van der Waals surface area (Å²) >= 11 is 4.13. The van der Waals surface area contributed by atoms with E-state index in [2.05, 4.69) is 23.0 Å². The first kappa shape index (κ1) is 15.4. The number of benzene rings is 2. The van der Waals surface area contributed by atoms with Crippen LogP contribution in [0.4, 0.5) is 0 Å². The van der Waals surface area contributed by atoms with Gasteiger partial charge < -0.3 is 5.32 Å². The number of hydrogen-bond acceptors (Lipinski definition) is 3. The van der Waals surface area contributed by atoms with Crippen LogP contribution >= 0.6 is 12.6 Å². The van der Waals surface area contributed by atoms with Gasteiger partial charge in [0.05, 0.1) is 11.3 Å². The maximum Gasteiger partial charge on any atom is 0.255 e. The Hall–Kier alpha value is -2.53. The standard InChI is InChI=1S/C18H17N3OS/c22-18(19-11-12-23)16-13-21(15-9-5-2-6-10-15)20-17(16)14-7-3-1-4-8-14/h1-10,13,23H,11-12H2,(H,19,22).